The first-order valence-electron chi connectivity index (χ1n) is 8.67. The third-order valence-electron chi connectivity index (χ3n) is 4.91. The average Bonchev–Trinajstić information content (AvgIpc) is 2.99. The van der Waals surface area contributed by atoms with Gasteiger partial charge in [0.2, 0.25) is 0 Å². The van der Waals surface area contributed by atoms with Crippen molar-refractivity contribution in [3.05, 3.63) is 59.3 Å². The van der Waals surface area contributed by atoms with Gasteiger partial charge >= 0.3 is 0 Å². The van der Waals surface area contributed by atoms with Gasteiger partial charge in [-0.1, -0.05) is 12.5 Å². The number of fused-ring (bicyclic) bond motifs is 1. The van der Waals surface area contributed by atoms with Gasteiger partial charge in [-0.15, -0.1) is 0 Å². The largest absolute Gasteiger partial charge is 0.292 e. The molecule has 0 spiro atoms. The van der Waals surface area contributed by atoms with E-state index in [1.807, 2.05) is 36.1 Å². The second kappa shape index (κ2) is 6.32. The predicted molar refractivity (Wildman–Crippen MR) is 93.7 cm³/mol. The van der Waals surface area contributed by atoms with Crippen molar-refractivity contribution in [3.63, 3.8) is 0 Å². The normalized spacial score (nSPS) is 19.0. The maximum Gasteiger partial charge on any atom is 0.159 e. The van der Waals surface area contributed by atoms with Crippen LogP contribution in [0.1, 0.15) is 47.8 Å². The number of piperidine rings is 1. The van der Waals surface area contributed by atoms with Crippen LogP contribution >= 0.6 is 0 Å². The highest BCUT2D eigenvalue weighted by Gasteiger charge is 2.25. The molecule has 5 heteroatoms. The van der Waals surface area contributed by atoms with E-state index >= 15 is 0 Å². The molecule has 1 unspecified atom stereocenters. The van der Waals surface area contributed by atoms with E-state index in [-0.39, 0.29) is 0 Å². The minimum Gasteiger partial charge on any atom is -0.292 e. The molecule has 1 saturated heterocycles. The number of nitrogens with zero attached hydrogens (tertiary/aromatic N) is 5. The summed E-state index contributed by atoms with van der Waals surface area (Å²) in [6.45, 7) is 6.13. The molecule has 0 radical (unpaired) electrons. The molecule has 0 amide bonds. The van der Waals surface area contributed by atoms with Crippen molar-refractivity contribution in [1.29, 1.82) is 0 Å². The molecule has 0 aliphatic carbocycles. The van der Waals surface area contributed by atoms with E-state index in [0.717, 1.165) is 30.1 Å². The second-order valence-corrected chi connectivity index (χ2v) is 6.71. The number of aromatic nitrogens is 4. The molecule has 0 saturated carbocycles. The van der Waals surface area contributed by atoms with E-state index in [9.17, 15) is 0 Å². The van der Waals surface area contributed by atoms with Crippen LogP contribution in [0.3, 0.4) is 0 Å². The summed E-state index contributed by atoms with van der Waals surface area (Å²) in [6.07, 6.45) is 9.55. The van der Waals surface area contributed by atoms with Gasteiger partial charge in [-0.2, -0.15) is 5.10 Å². The number of likely N-dealkylation sites (tertiary alicyclic amines) is 1. The standard InChI is InChI=1S/C19H23N5/c1-14-10-15(2)24-19(22-14)17(12-21-24)13-23-9-4-3-7-18(23)16-6-5-8-20-11-16/h5-6,8,10-12,18H,3-4,7,9,13H2,1-2H3. The molecule has 1 fully saturated rings. The Bertz CT molecular complexity index is 840. The number of hydrogen-bond acceptors (Lipinski definition) is 4. The van der Waals surface area contributed by atoms with E-state index in [2.05, 4.69) is 34.0 Å². The van der Waals surface area contributed by atoms with E-state index in [1.165, 1.54) is 30.4 Å². The summed E-state index contributed by atoms with van der Waals surface area (Å²) in [6, 6.07) is 6.74. The molecule has 24 heavy (non-hydrogen) atoms. The Morgan fingerprint density at radius 1 is 1.21 bits per heavy atom. The fourth-order valence-corrected chi connectivity index (χ4v) is 3.78. The fourth-order valence-electron chi connectivity index (χ4n) is 3.78. The first-order chi connectivity index (χ1) is 11.7. The fraction of sp³-hybridized carbons (Fsp3) is 0.421. The molecule has 3 aromatic rings. The Morgan fingerprint density at radius 2 is 2.12 bits per heavy atom. The molecule has 1 aliphatic heterocycles. The minimum absolute atomic E-state index is 0.438. The summed E-state index contributed by atoms with van der Waals surface area (Å²) in [5.74, 6) is 0. The highest BCUT2D eigenvalue weighted by Crippen LogP contribution is 2.32. The van der Waals surface area contributed by atoms with Gasteiger partial charge in [0.1, 0.15) is 0 Å². The van der Waals surface area contributed by atoms with Crippen LogP contribution in [0.5, 0.6) is 0 Å². The Balaban J connectivity index is 1.66. The van der Waals surface area contributed by atoms with Crippen molar-refractivity contribution in [2.75, 3.05) is 6.54 Å². The van der Waals surface area contributed by atoms with Gasteiger partial charge in [0.25, 0.3) is 0 Å². The third-order valence-corrected chi connectivity index (χ3v) is 4.91. The maximum absolute atomic E-state index is 4.72. The summed E-state index contributed by atoms with van der Waals surface area (Å²) in [7, 11) is 0. The highest BCUT2D eigenvalue weighted by atomic mass is 15.3. The number of rotatable bonds is 3. The molecule has 0 N–H and O–H groups in total. The lowest BCUT2D eigenvalue weighted by Crippen LogP contribution is -2.33. The number of pyridine rings is 1. The SMILES string of the molecule is Cc1cc(C)n2ncc(CN3CCCCC3c3cccnc3)c2n1. The van der Waals surface area contributed by atoms with E-state index < -0.39 is 0 Å². The van der Waals surface area contributed by atoms with Crippen LogP contribution in [0.25, 0.3) is 5.65 Å². The molecule has 0 bridgehead atoms. The summed E-state index contributed by atoms with van der Waals surface area (Å²) in [5.41, 5.74) is 5.69. The van der Waals surface area contributed by atoms with Crippen LogP contribution in [0.4, 0.5) is 0 Å². The van der Waals surface area contributed by atoms with Gasteiger partial charge in [-0.25, -0.2) is 9.50 Å². The van der Waals surface area contributed by atoms with Gasteiger partial charge < -0.3 is 0 Å². The molecule has 3 aromatic heterocycles. The van der Waals surface area contributed by atoms with E-state index in [0.29, 0.717) is 6.04 Å². The van der Waals surface area contributed by atoms with Crippen LogP contribution in [0.15, 0.2) is 36.8 Å². The molecule has 124 valence electrons. The summed E-state index contributed by atoms with van der Waals surface area (Å²) in [5, 5.41) is 4.54. The minimum atomic E-state index is 0.438. The molecule has 1 atom stereocenters. The van der Waals surface area contributed by atoms with Crippen LogP contribution in [-0.2, 0) is 6.54 Å². The Morgan fingerprint density at radius 3 is 2.96 bits per heavy atom. The van der Waals surface area contributed by atoms with Gasteiger partial charge in [-0.05, 0) is 50.9 Å². The van der Waals surface area contributed by atoms with Crippen molar-refractivity contribution in [1.82, 2.24) is 24.5 Å². The van der Waals surface area contributed by atoms with Gasteiger partial charge in [-0.3, -0.25) is 9.88 Å². The zero-order chi connectivity index (χ0) is 16.5. The second-order valence-electron chi connectivity index (χ2n) is 6.71. The summed E-state index contributed by atoms with van der Waals surface area (Å²) >= 11 is 0. The summed E-state index contributed by atoms with van der Waals surface area (Å²) < 4.78 is 1.95. The van der Waals surface area contributed by atoms with Crippen LogP contribution in [0, 0.1) is 13.8 Å². The highest BCUT2D eigenvalue weighted by molar-refractivity contribution is 5.48. The molecule has 4 heterocycles. The lowest BCUT2D eigenvalue weighted by molar-refractivity contribution is 0.140. The third kappa shape index (κ3) is 2.80. The maximum atomic E-state index is 4.72. The topological polar surface area (TPSA) is 46.3 Å². The number of hydrogen-bond donors (Lipinski definition) is 0. The van der Waals surface area contributed by atoms with Crippen molar-refractivity contribution < 1.29 is 0 Å². The Hall–Kier alpha value is -2.27. The van der Waals surface area contributed by atoms with Crippen LogP contribution < -0.4 is 0 Å². The van der Waals surface area contributed by atoms with Crippen molar-refractivity contribution >= 4 is 5.65 Å². The van der Waals surface area contributed by atoms with Crippen LogP contribution in [0.2, 0.25) is 0 Å². The summed E-state index contributed by atoms with van der Waals surface area (Å²) in [4.78, 5) is 11.6. The quantitative estimate of drug-likeness (QED) is 0.741. The van der Waals surface area contributed by atoms with Crippen molar-refractivity contribution in [2.24, 2.45) is 0 Å². The predicted octanol–water partition coefficient (Wildman–Crippen LogP) is 3.47. The van der Waals surface area contributed by atoms with Gasteiger partial charge in [0.15, 0.2) is 5.65 Å². The van der Waals surface area contributed by atoms with E-state index in [1.54, 1.807) is 0 Å². The lowest BCUT2D eigenvalue weighted by Gasteiger charge is -2.35. The lowest BCUT2D eigenvalue weighted by atomic mass is 9.96. The molecule has 4 rings (SSSR count). The zero-order valence-electron chi connectivity index (χ0n) is 14.3. The van der Waals surface area contributed by atoms with E-state index in [4.69, 9.17) is 4.98 Å². The number of aryl methyl sites for hydroxylation is 2. The van der Waals surface area contributed by atoms with Gasteiger partial charge in [0.05, 0.1) is 6.20 Å². The molecule has 1 aliphatic rings. The first-order valence-corrected chi connectivity index (χ1v) is 8.67. The Kier molecular flexibility index (Phi) is 4.02. The molecular weight excluding hydrogens is 298 g/mol. The molecule has 0 aromatic carbocycles. The van der Waals surface area contributed by atoms with Gasteiger partial charge in [0, 0.05) is 41.9 Å². The molecule has 5 nitrogen and oxygen atoms in total. The smallest absolute Gasteiger partial charge is 0.159 e. The van der Waals surface area contributed by atoms with Crippen molar-refractivity contribution in [3.8, 4) is 0 Å². The van der Waals surface area contributed by atoms with Crippen molar-refractivity contribution in [2.45, 2.75) is 45.7 Å². The zero-order valence-corrected chi connectivity index (χ0v) is 14.3. The first kappa shape index (κ1) is 15.3. The monoisotopic (exact) mass is 321 g/mol. The van der Waals surface area contributed by atoms with Crippen LogP contribution in [-0.4, -0.2) is 31.0 Å². The molecular formula is C19H23N5. The average molecular weight is 321 g/mol. The Labute approximate surface area is 142 Å².